The Balaban J connectivity index is 1.85. The van der Waals surface area contributed by atoms with Gasteiger partial charge in [-0.05, 0) is 37.5 Å². The molecule has 90 valence electrons. The molecule has 0 radical (unpaired) electrons. The molecule has 17 heavy (non-hydrogen) atoms. The highest BCUT2D eigenvalue weighted by atomic mass is 35.5. The Morgan fingerprint density at radius 2 is 2.29 bits per heavy atom. The molecule has 1 aliphatic rings. The number of fused-ring (bicyclic) bond motifs is 1. The largest absolute Gasteiger partial charge is 0.357 e. The maximum absolute atomic E-state index is 6.04. The van der Waals surface area contributed by atoms with Crippen molar-refractivity contribution in [2.75, 3.05) is 5.32 Å². The average molecular weight is 268 g/mol. The highest BCUT2D eigenvalue weighted by Crippen LogP contribution is 2.30. The molecular weight excluding hydrogens is 254 g/mol. The van der Waals surface area contributed by atoms with Gasteiger partial charge in [0.1, 0.15) is 0 Å². The van der Waals surface area contributed by atoms with E-state index in [-0.39, 0.29) is 6.04 Å². The second-order valence-corrected chi connectivity index (χ2v) is 5.94. The van der Waals surface area contributed by atoms with E-state index in [1.165, 1.54) is 6.42 Å². The maximum atomic E-state index is 6.04. The Kier molecular flexibility index (Phi) is 2.94. The van der Waals surface area contributed by atoms with Crippen molar-refractivity contribution in [3.05, 3.63) is 23.2 Å². The van der Waals surface area contributed by atoms with Gasteiger partial charge in [0.2, 0.25) is 0 Å². The van der Waals surface area contributed by atoms with Gasteiger partial charge in [-0.1, -0.05) is 22.9 Å². The minimum Gasteiger partial charge on any atom is -0.357 e. The number of aromatic nitrogens is 1. The van der Waals surface area contributed by atoms with Gasteiger partial charge in [0.15, 0.2) is 5.13 Å². The fourth-order valence-corrected chi connectivity index (χ4v) is 3.49. The van der Waals surface area contributed by atoms with Crippen LogP contribution in [0.25, 0.3) is 10.2 Å². The van der Waals surface area contributed by atoms with E-state index < -0.39 is 0 Å². The van der Waals surface area contributed by atoms with Gasteiger partial charge in [-0.15, -0.1) is 0 Å². The quantitative estimate of drug-likeness (QED) is 0.878. The Hall–Kier alpha value is -0.840. The molecule has 0 bridgehead atoms. The molecule has 2 unspecified atom stereocenters. The molecule has 5 heteroatoms. The lowest BCUT2D eigenvalue weighted by atomic mass is 10.2. The Morgan fingerprint density at radius 3 is 3.06 bits per heavy atom. The summed E-state index contributed by atoms with van der Waals surface area (Å²) in [6.45, 7) is 0. The first-order valence-corrected chi connectivity index (χ1v) is 7.00. The molecule has 1 aromatic heterocycles. The third-order valence-corrected chi connectivity index (χ3v) is 4.41. The molecule has 1 saturated carbocycles. The molecule has 3 N–H and O–H groups in total. The molecule has 1 fully saturated rings. The maximum Gasteiger partial charge on any atom is 0.184 e. The number of nitrogens with one attached hydrogen (secondary N) is 1. The summed E-state index contributed by atoms with van der Waals surface area (Å²) < 4.78 is 1.12. The first kappa shape index (κ1) is 11.3. The van der Waals surface area contributed by atoms with Crippen LogP contribution in [0, 0.1) is 0 Å². The number of hydrogen-bond acceptors (Lipinski definition) is 4. The average Bonchev–Trinajstić information content (AvgIpc) is 2.85. The van der Waals surface area contributed by atoms with Crippen molar-refractivity contribution in [2.45, 2.75) is 31.3 Å². The van der Waals surface area contributed by atoms with Crippen LogP contribution in [0.2, 0.25) is 5.02 Å². The molecular formula is C12H14ClN3S. The Bertz CT molecular complexity index is 540. The molecule has 0 spiro atoms. The molecule has 2 aromatic rings. The number of thiazole rings is 1. The smallest absolute Gasteiger partial charge is 0.184 e. The summed E-state index contributed by atoms with van der Waals surface area (Å²) >= 11 is 7.60. The predicted molar refractivity (Wildman–Crippen MR) is 73.9 cm³/mol. The van der Waals surface area contributed by atoms with Crippen LogP contribution in [0.5, 0.6) is 0 Å². The topological polar surface area (TPSA) is 50.9 Å². The number of benzene rings is 1. The van der Waals surface area contributed by atoms with Gasteiger partial charge in [0, 0.05) is 17.1 Å². The van der Waals surface area contributed by atoms with Crippen LogP contribution < -0.4 is 11.1 Å². The zero-order valence-electron chi connectivity index (χ0n) is 9.32. The van der Waals surface area contributed by atoms with E-state index >= 15 is 0 Å². The van der Waals surface area contributed by atoms with Crippen LogP contribution in [0.1, 0.15) is 19.3 Å². The number of rotatable bonds is 2. The van der Waals surface area contributed by atoms with E-state index in [1.807, 2.05) is 18.2 Å². The highest BCUT2D eigenvalue weighted by molar-refractivity contribution is 7.22. The Morgan fingerprint density at radius 1 is 1.41 bits per heavy atom. The first-order chi connectivity index (χ1) is 8.22. The molecule has 0 aliphatic heterocycles. The third-order valence-electron chi connectivity index (χ3n) is 3.23. The minimum absolute atomic E-state index is 0.255. The van der Waals surface area contributed by atoms with Crippen molar-refractivity contribution >= 4 is 38.3 Å². The summed E-state index contributed by atoms with van der Waals surface area (Å²) in [7, 11) is 0. The molecule has 0 saturated heterocycles. The molecule has 1 heterocycles. The first-order valence-electron chi connectivity index (χ1n) is 5.80. The predicted octanol–water partition coefficient (Wildman–Crippen LogP) is 3.24. The SMILES string of the molecule is NC1CCCC1Nc1nc2ccc(Cl)cc2s1. The molecule has 1 aliphatic carbocycles. The number of anilines is 1. The summed E-state index contributed by atoms with van der Waals surface area (Å²) in [4.78, 5) is 4.54. The summed E-state index contributed by atoms with van der Waals surface area (Å²) in [6.07, 6.45) is 3.45. The third kappa shape index (κ3) is 2.25. The Labute approximate surface area is 109 Å². The van der Waals surface area contributed by atoms with Crippen LogP contribution in [0.3, 0.4) is 0 Å². The van der Waals surface area contributed by atoms with Gasteiger partial charge in [-0.3, -0.25) is 0 Å². The van der Waals surface area contributed by atoms with E-state index in [4.69, 9.17) is 17.3 Å². The minimum atomic E-state index is 0.255. The van der Waals surface area contributed by atoms with E-state index in [2.05, 4.69) is 10.3 Å². The second-order valence-electron chi connectivity index (χ2n) is 4.48. The van der Waals surface area contributed by atoms with Crippen molar-refractivity contribution in [2.24, 2.45) is 5.73 Å². The zero-order chi connectivity index (χ0) is 11.8. The number of halogens is 1. The lowest BCUT2D eigenvalue weighted by Crippen LogP contribution is -2.35. The van der Waals surface area contributed by atoms with Gasteiger partial charge in [0.05, 0.1) is 10.2 Å². The van der Waals surface area contributed by atoms with Crippen LogP contribution in [0.15, 0.2) is 18.2 Å². The number of hydrogen-bond donors (Lipinski definition) is 2. The fourth-order valence-electron chi connectivity index (χ4n) is 2.29. The van der Waals surface area contributed by atoms with Crippen LogP contribution in [-0.4, -0.2) is 17.1 Å². The summed E-state index contributed by atoms with van der Waals surface area (Å²) in [5.74, 6) is 0. The van der Waals surface area contributed by atoms with E-state index in [0.29, 0.717) is 6.04 Å². The highest BCUT2D eigenvalue weighted by Gasteiger charge is 2.24. The second kappa shape index (κ2) is 4.44. The van der Waals surface area contributed by atoms with Crippen molar-refractivity contribution in [3.63, 3.8) is 0 Å². The van der Waals surface area contributed by atoms with Crippen molar-refractivity contribution in [1.82, 2.24) is 4.98 Å². The van der Waals surface area contributed by atoms with Gasteiger partial charge in [-0.2, -0.15) is 0 Å². The summed E-state index contributed by atoms with van der Waals surface area (Å²) in [5, 5.41) is 5.14. The molecule has 3 rings (SSSR count). The zero-order valence-corrected chi connectivity index (χ0v) is 10.9. The summed E-state index contributed by atoms with van der Waals surface area (Å²) in [6, 6.07) is 6.40. The monoisotopic (exact) mass is 267 g/mol. The molecule has 0 amide bonds. The normalized spacial score (nSPS) is 24.4. The van der Waals surface area contributed by atoms with Gasteiger partial charge in [0.25, 0.3) is 0 Å². The lowest BCUT2D eigenvalue weighted by molar-refractivity contribution is 0.637. The van der Waals surface area contributed by atoms with Crippen molar-refractivity contribution in [3.8, 4) is 0 Å². The molecule has 2 atom stereocenters. The number of nitrogens with two attached hydrogens (primary N) is 1. The standard InChI is InChI=1S/C12H14ClN3S/c13-7-4-5-10-11(6-7)17-12(16-10)15-9-3-1-2-8(9)14/h4-6,8-9H,1-3,14H2,(H,15,16). The van der Waals surface area contributed by atoms with E-state index in [1.54, 1.807) is 11.3 Å². The lowest BCUT2D eigenvalue weighted by Gasteiger charge is -2.15. The van der Waals surface area contributed by atoms with Crippen molar-refractivity contribution in [1.29, 1.82) is 0 Å². The molecule has 3 nitrogen and oxygen atoms in total. The molecule has 1 aromatic carbocycles. The summed E-state index contributed by atoms with van der Waals surface area (Å²) in [5.41, 5.74) is 7.03. The number of nitrogens with zero attached hydrogens (tertiary/aromatic N) is 1. The van der Waals surface area contributed by atoms with Crippen LogP contribution >= 0.6 is 22.9 Å². The van der Waals surface area contributed by atoms with E-state index in [0.717, 1.165) is 33.2 Å². The van der Waals surface area contributed by atoms with Gasteiger partial charge < -0.3 is 11.1 Å². The van der Waals surface area contributed by atoms with Crippen LogP contribution in [0.4, 0.5) is 5.13 Å². The van der Waals surface area contributed by atoms with E-state index in [9.17, 15) is 0 Å². The van der Waals surface area contributed by atoms with Gasteiger partial charge in [-0.25, -0.2) is 4.98 Å². The van der Waals surface area contributed by atoms with Crippen LogP contribution in [-0.2, 0) is 0 Å². The fraction of sp³-hybridized carbons (Fsp3) is 0.417. The van der Waals surface area contributed by atoms with Gasteiger partial charge >= 0.3 is 0 Å². The van der Waals surface area contributed by atoms with Crippen molar-refractivity contribution < 1.29 is 0 Å².